The van der Waals surface area contributed by atoms with Gasteiger partial charge in [-0.25, -0.2) is 0 Å². The maximum absolute atomic E-state index is 11.5. The number of hydrogen-bond donors (Lipinski definition) is 0. The first-order valence-corrected chi connectivity index (χ1v) is 6.15. The molecule has 2 rings (SSSR count). The molecule has 1 aliphatic heterocycles. The zero-order valence-corrected chi connectivity index (χ0v) is 9.81. The minimum atomic E-state index is -0.0714. The lowest BCUT2D eigenvalue weighted by molar-refractivity contribution is -0.141. The van der Waals surface area contributed by atoms with Crippen LogP contribution in [0.4, 0.5) is 0 Å². The Labute approximate surface area is 96.8 Å². The number of esters is 1. The summed E-state index contributed by atoms with van der Waals surface area (Å²) in [5, 5.41) is 0. The van der Waals surface area contributed by atoms with Gasteiger partial charge in [0.1, 0.15) is 6.10 Å². The minimum absolute atomic E-state index is 0.0454. The lowest BCUT2D eigenvalue weighted by Gasteiger charge is -2.04. The largest absolute Gasteiger partial charge is 0.461 e. The second-order valence-electron chi connectivity index (χ2n) is 3.41. The van der Waals surface area contributed by atoms with Gasteiger partial charge in [-0.3, -0.25) is 4.79 Å². The maximum Gasteiger partial charge on any atom is 0.313 e. The van der Waals surface area contributed by atoms with Crippen LogP contribution in [-0.2, 0) is 9.53 Å². The standard InChI is InChI=1S/C11H11IO2/c12-7-9-6-10(11(13)14-9)8-4-2-1-3-5-8/h1-5,9-10H,6-7H2/t9-,10+/m0/s1. The molecule has 0 bridgehead atoms. The Kier molecular flexibility index (Phi) is 3.05. The van der Waals surface area contributed by atoms with Crippen molar-refractivity contribution in [3.8, 4) is 0 Å². The summed E-state index contributed by atoms with van der Waals surface area (Å²) in [6.07, 6.45) is 0.930. The summed E-state index contributed by atoms with van der Waals surface area (Å²) in [5.41, 5.74) is 1.07. The van der Waals surface area contributed by atoms with Gasteiger partial charge in [-0.15, -0.1) is 0 Å². The van der Waals surface area contributed by atoms with Crippen molar-refractivity contribution in [3.05, 3.63) is 35.9 Å². The Morgan fingerprint density at radius 2 is 2.07 bits per heavy atom. The topological polar surface area (TPSA) is 26.3 Å². The van der Waals surface area contributed by atoms with Gasteiger partial charge in [-0.1, -0.05) is 52.9 Å². The van der Waals surface area contributed by atoms with Crippen LogP contribution in [0.1, 0.15) is 17.9 Å². The van der Waals surface area contributed by atoms with Crippen molar-refractivity contribution in [2.75, 3.05) is 4.43 Å². The van der Waals surface area contributed by atoms with Crippen molar-refractivity contribution in [2.45, 2.75) is 18.4 Å². The van der Waals surface area contributed by atoms with Crippen molar-refractivity contribution in [1.82, 2.24) is 0 Å². The molecule has 2 nitrogen and oxygen atoms in total. The molecule has 0 aliphatic carbocycles. The lowest BCUT2D eigenvalue weighted by atomic mass is 9.96. The van der Waals surface area contributed by atoms with Crippen LogP contribution in [0.15, 0.2) is 30.3 Å². The minimum Gasteiger partial charge on any atom is -0.461 e. The molecule has 0 aromatic heterocycles. The zero-order valence-electron chi connectivity index (χ0n) is 7.65. The van der Waals surface area contributed by atoms with Crippen LogP contribution < -0.4 is 0 Å². The monoisotopic (exact) mass is 302 g/mol. The predicted octanol–water partition coefficient (Wildman–Crippen LogP) is 2.52. The van der Waals surface area contributed by atoms with E-state index in [9.17, 15) is 4.79 Å². The summed E-state index contributed by atoms with van der Waals surface area (Å²) in [4.78, 5) is 11.5. The second kappa shape index (κ2) is 4.29. The number of halogens is 1. The normalized spacial score (nSPS) is 26.2. The first-order chi connectivity index (χ1) is 6.81. The van der Waals surface area contributed by atoms with E-state index in [2.05, 4.69) is 22.6 Å². The molecule has 0 spiro atoms. The summed E-state index contributed by atoms with van der Waals surface area (Å²) >= 11 is 2.25. The first-order valence-electron chi connectivity index (χ1n) is 4.62. The van der Waals surface area contributed by atoms with E-state index in [4.69, 9.17) is 4.74 Å². The number of rotatable bonds is 2. The van der Waals surface area contributed by atoms with Crippen molar-refractivity contribution in [1.29, 1.82) is 0 Å². The summed E-state index contributed by atoms with van der Waals surface area (Å²) in [7, 11) is 0. The summed E-state index contributed by atoms with van der Waals surface area (Å²) in [5.74, 6) is -0.117. The predicted molar refractivity (Wildman–Crippen MR) is 62.6 cm³/mol. The Hall–Kier alpha value is -0.580. The Balaban J connectivity index is 2.17. The number of alkyl halides is 1. The van der Waals surface area contributed by atoms with E-state index in [0.29, 0.717) is 0 Å². The van der Waals surface area contributed by atoms with Crippen LogP contribution in [0.25, 0.3) is 0 Å². The highest BCUT2D eigenvalue weighted by molar-refractivity contribution is 14.1. The zero-order chi connectivity index (χ0) is 9.97. The number of hydrogen-bond acceptors (Lipinski definition) is 2. The van der Waals surface area contributed by atoms with Crippen molar-refractivity contribution < 1.29 is 9.53 Å². The molecule has 3 heteroatoms. The van der Waals surface area contributed by atoms with Crippen LogP contribution in [0.2, 0.25) is 0 Å². The smallest absolute Gasteiger partial charge is 0.313 e. The quantitative estimate of drug-likeness (QED) is 0.477. The molecule has 2 atom stereocenters. The van der Waals surface area contributed by atoms with Gasteiger partial charge in [0.2, 0.25) is 0 Å². The van der Waals surface area contributed by atoms with Crippen molar-refractivity contribution in [3.63, 3.8) is 0 Å². The number of benzene rings is 1. The van der Waals surface area contributed by atoms with Crippen LogP contribution in [0.3, 0.4) is 0 Å². The van der Waals surface area contributed by atoms with E-state index in [0.717, 1.165) is 16.4 Å². The summed E-state index contributed by atoms with van der Waals surface area (Å²) in [6, 6.07) is 9.85. The molecular weight excluding hydrogens is 291 g/mol. The van der Waals surface area contributed by atoms with Crippen LogP contribution in [0, 0.1) is 0 Å². The number of carbonyl (C=O) groups is 1. The second-order valence-corrected chi connectivity index (χ2v) is 4.29. The third kappa shape index (κ3) is 1.92. The average Bonchev–Trinajstić information content (AvgIpc) is 2.61. The van der Waals surface area contributed by atoms with Crippen molar-refractivity contribution in [2.24, 2.45) is 0 Å². The van der Waals surface area contributed by atoms with E-state index >= 15 is 0 Å². The molecule has 0 N–H and O–H groups in total. The average molecular weight is 302 g/mol. The molecule has 1 aromatic rings. The van der Waals surface area contributed by atoms with E-state index in [1.54, 1.807) is 0 Å². The van der Waals surface area contributed by atoms with Gasteiger partial charge >= 0.3 is 5.97 Å². The fraction of sp³-hybridized carbons (Fsp3) is 0.364. The molecule has 1 aliphatic rings. The molecule has 0 radical (unpaired) electrons. The Morgan fingerprint density at radius 1 is 1.36 bits per heavy atom. The molecule has 14 heavy (non-hydrogen) atoms. The van der Waals surface area contributed by atoms with Crippen LogP contribution >= 0.6 is 22.6 Å². The van der Waals surface area contributed by atoms with Gasteiger partial charge in [0.05, 0.1) is 5.92 Å². The van der Waals surface area contributed by atoms with Gasteiger partial charge in [0.15, 0.2) is 0 Å². The molecule has 1 saturated heterocycles. The Bertz CT molecular complexity index is 323. The molecule has 74 valence electrons. The third-order valence-corrected chi connectivity index (χ3v) is 3.42. The molecule has 1 fully saturated rings. The van der Waals surface area contributed by atoms with E-state index in [1.165, 1.54) is 0 Å². The maximum atomic E-state index is 11.5. The van der Waals surface area contributed by atoms with Crippen molar-refractivity contribution >= 4 is 28.6 Å². The van der Waals surface area contributed by atoms with E-state index in [-0.39, 0.29) is 18.0 Å². The molecule has 0 amide bonds. The number of ether oxygens (including phenoxy) is 1. The Morgan fingerprint density at radius 3 is 2.64 bits per heavy atom. The van der Waals surface area contributed by atoms with Gasteiger partial charge < -0.3 is 4.74 Å². The van der Waals surface area contributed by atoms with Crippen LogP contribution in [-0.4, -0.2) is 16.5 Å². The summed E-state index contributed by atoms with van der Waals surface area (Å²) < 4.78 is 6.11. The molecule has 0 unspecified atom stereocenters. The molecule has 1 heterocycles. The fourth-order valence-corrected chi connectivity index (χ4v) is 2.25. The van der Waals surface area contributed by atoms with E-state index in [1.807, 2.05) is 30.3 Å². The molecule has 1 aromatic carbocycles. The van der Waals surface area contributed by atoms with E-state index < -0.39 is 0 Å². The van der Waals surface area contributed by atoms with Gasteiger partial charge in [-0.05, 0) is 5.56 Å². The highest BCUT2D eigenvalue weighted by Crippen LogP contribution is 2.31. The van der Waals surface area contributed by atoms with Gasteiger partial charge in [0, 0.05) is 10.8 Å². The van der Waals surface area contributed by atoms with Gasteiger partial charge in [-0.2, -0.15) is 0 Å². The number of carbonyl (C=O) groups excluding carboxylic acids is 1. The first kappa shape index (κ1) is 9.96. The molecular formula is C11H11IO2. The van der Waals surface area contributed by atoms with Crippen LogP contribution in [0.5, 0.6) is 0 Å². The highest BCUT2D eigenvalue weighted by atomic mass is 127. The molecule has 0 saturated carbocycles. The third-order valence-electron chi connectivity index (χ3n) is 2.44. The number of cyclic esters (lactones) is 1. The SMILES string of the molecule is O=C1O[C@H](CI)C[C@@H]1c1ccccc1. The lowest BCUT2D eigenvalue weighted by Crippen LogP contribution is -2.07. The summed E-state index contributed by atoms with van der Waals surface area (Å²) in [6.45, 7) is 0. The van der Waals surface area contributed by atoms with Gasteiger partial charge in [0.25, 0.3) is 0 Å². The fourth-order valence-electron chi connectivity index (χ4n) is 1.71. The highest BCUT2D eigenvalue weighted by Gasteiger charge is 2.34.